The van der Waals surface area contributed by atoms with E-state index in [-0.39, 0.29) is 0 Å². The van der Waals surface area contributed by atoms with Gasteiger partial charge in [-0.25, -0.2) is 0 Å². The highest BCUT2D eigenvalue weighted by atomic mass is 15.1. The molecule has 1 rings (SSSR count). The summed E-state index contributed by atoms with van der Waals surface area (Å²) in [4.78, 5) is 2.28. The summed E-state index contributed by atoms with van der Waals surface area (Å²) < 4.78 is 0. The molecule has 65 valence electrons. The van der Waals surface area contributed by atoms with Crippen molar-refractivity contribution in [1.29, 1.82) is 0 Å². The summed E-state index contributed by atoms with van der Waals surface area (Å²) in [6.07, 6.45) is 6.97. The lowest BCUT2D eigenvalue weighted by Crippen LogP contribution is -2.36. The molecule has 0 N–H and O–H groups in total. The molecule has 0 aliphatic heterocycles. The molecule has 1 nitrogen and oxygen atoms in total. The normalized spacial score (nSPS) is 21.5. The fourth-order valence-corrected chi connectivity index (χ4v) is 1.83. The maximum Gasteiger partial charge on any atom is 0.0115 e. The Hall–Kier alpha value is -0.0400. The van der Waals surface area contributed by atoms with Crippen molar-refractivity contribution in [2.75, 3.05) is 0 Å². The van der Waals surface area contributed by atoms with E-state index in [0.717, 1.165) is 6.04 Å². The SMILES string of the molecule is [CH2]N(C(C)C)C1CCCCC1. The molecule has 1 heteroatoms. The van der Waals surface area contributed by atoms with Crippen LogP contribution >= 0.6 is 0 Å². The summed E-state index contributed by atoms with van der Waals surface area (Å²) in [5.74, 6) is 0. The van der Waals surface area contributed by atoms with Gasteiger partial charge in [-0.15, -0.1) is 0 Å². The Balaban J connectivity index is 2.32. The third kappa shape index (κ3) is 2.48. The topological polar surface area (TPSA) is 3.24 Å². The Kier molecular flexibility index (Phi) is 3.38. The Bertz CT molecular complexity index is 103. The van der Waals surface area contributed by atoms with Crippen LogP contribution in [0, 0.1) is 7.05 Å². The van der Waals surface area contributed by atoms with Gasteiger partial charge >= 0.3 is 0 Å². The zero-order valence-electron chi connectivity index (χ0n) is 7.84. The van der Waals surface area contributed by atoms with Crippen LogP contribution in [0.25, 0.3) is 0 Å². The number of rotatable bonds is 2. The van der Waals surface area contributed by atoms with Crippen LogP contribution in [0.5, 0.6) is 0 Å². The molecular weight excluding hydrogens is 134 g/mol. The Morgan fingerprint density at radius 1 is 1.18 bits per heavy atom. The second-order valence-electron chi connectivity index (χ2n) is 3.90. The van der Waals surface area contributed by atoms with Crippen molar-refractivity contribution in [3.8, 4) is 0 Å². The molecule has 1 aliphatic rings. The van der Waals surface area contributed by atoms with Gasteiger partial charge in [0.25, 0.3) is 0 Å². The summed E-state index contributed by atoms with van der Waals surface area (Å²) in [6, 6.07) is 1.38. The van der Waals surface area contributed by atoms with Gasteiger partial charge in [-0.2, -0.15) is 0 Å². The highest BCUT2D eigenvalue weighted by Crippen LogP contribution is 2.23. The zero-order chi connectivity index (χ0) is 8.27. The summed E-state index contributed by atoms with van der Waals surface area (Å²) >= 11 is 0. The summed E-state index contributed by atoms with van der Waals surface area (Å²) in [5.41, 5.74) is 0. The summed E-state index contributed by atoms with van der Waals surface area (Å²) in [6.45, 7) is 4.45. The largest absolute Gasteiger partial charge is 0.297 e. The second-order valence-corrected chi connectivity index (χ2v) is 3.90. The predicted octanol–water partition coefficient (Wildman–Crippen LogP) is 2.82. The van der Waals surface area contributed by atoms with E-state index in [1.54, 1.807) is 0 Å². The third-order valence-corrected chi connectivity index (χ3v) is 2.71. The monoisotopic (exact) mass is 154 g/mol. The van der Waals surface area contributed by atoms with E-state index >= 15 is 0 Å². The van der Waals surface area contributed by atoms with Gasteiger partial charge in [0, 0.05) is 19.1 Å². The van der Waals surface area contributed by atoms with Crippen LogP contribution in [-0.2, 0) is 0 Å². The maximum atomic E-state index is 4.09. The van der Waals surface area contributed by atoms with Gasteiger partial charge in [0.2, 0.25) is 0 Å². The fraction of sp³-hybridized carbons (Fsp3) is 0.900. The second kappa shape index (κ2) is 4.10. The van der Waals surface area contributed by atoms with E-state index in [0.29, 0.717) is 6.04 Å². The third-order valence-electron chi connectivity index (χ3n) is 2.71. The molecule has 0 heterocycles. The molecule has 0 aromatic heterocycles. The van der Waals surface area contributed by atoms with Crippen LogP contribution in [0.15, 0.2) is 0 Å². The van der Waals surface area contributed by atoms with Gasteiger partial charge in [-0.1, -0.05) is 19.3 Å². The van der Waals surface area contributed by atoms with E-state index in [9.17, 15) is 0 Å². The first-order chi connectivity index (χ1) is 5.22. The lowest BCUT2D eigenvalue weighted by Gasteiger charge is -2.33. The smallest absolute Gasteiger partial charge is 0.0115 e. The number of hydrogen-bond donors (Lipinski definition) is 0. The molecule has 1 radical (unpaired) electrons. The molecule has 0 aromatic rings. The molecular formula is C10H20N. The average molecular weight is 154 g/mol. The Morgan fingerprint density at radius 3 is 2.18 bits per heavy atom. The van der Waals surface area contributed by atoms with Crippen molar-refractivity contribution in [2.45, 2.75) is 58.0 Å². The molecule has 1 aliphatic carbocycles. The maximum absolute atomic E-state index is 4.09. The van der Waals surface area contributed by atoms with Crippen LogP contribution in [0.2, 0.25) is 0 Å². The average Bonchev–Trinajstić information content (AvgIpc) is 2.05. The Morgan fingerprint density at radius 2 is 1.73 bits per heavy atom. The first kappa shape index (κ1) is 9.05. The Labute approximate surface area is 70.8 Å². The van der Waals surface area contributed by atoms with Crippen molar-refractivity contribution in [1.82, 2.24) is 4.90 Å². The molecule has 0 unspecified atom stereocenters. The van der Waals surface area contributed by atoms with Crippen LogP contribution in [0.3, 0.4) is 0 Å². The molecule has 0 amide bonds. The minimum atomic E-state index is 0.609. The van der Waals surface area contributed by atoms with Crippen molar-refractivity contribution in [3.05, 3.63) is 7.05 Å². The molecule has 1 saturated carbocycles. The van der Waals surface area contributed by atoms with Gasteiger partial charge in [0.15, 0.2) is 0 Å². The van der Waals surface area contributed by atoms with Crippen LogP contribution in [-0.4, -0.2) is 17.0 Å². The van der Waals surface area contributed by atoms with Crippen LogP contribution < -0.4 is 0 Å². The van der Waals surface area contributed by atoms with Gasteiger partial charge in [0.05, 0.1) is 0 Å². The number of nitrogens with zero attached hydrogens (tertiary/aromatic N) is 1. The first-order valence-corrected chi connectivity index (χ1v) is 4.80. The minimum absolute atomic E-state index is 0.609. The standard InChI is InChI=1S/C10H20N/c1-9(2)11(3)10-7-5-4-6-8-10/h9-10H,3-8H2,1-2H3. The summed E-state index contributed by atoms with van der Waals surface area (Å²) in [5, 5.41) is 0. The minimum Gasteiger partial charge on any atom is -0.297 e. The highest BCUT2D eigenvalue weighted by molar-refractivity contribution is 4.77. The van der Waals surface area contributed by atoms with Gasteiger partial charge in [-0.05, 0) is 26.7 Å². The molecule has 0 saturated heterocycles. The van der Waals surface area contributed by atoms with E-state index < -0.39 is 0 Å². The molecule has 0 spiro atoms. The zero-order valence-corrected chi connectivity index (χ0v) is 7.84. The van der Waals surface area contributed by atoms with Crippen molar-refractivity contribution in [2.24, 2.45) is 0 Å². The van der Waals surface area contributed by atoms with Crippen LogP contribution in [0.1, 0.15) is 46.0 Å². The van der Waals surface area contributed by atoms with Gasteiger partial charge in [-0.3, -0.25) is 4.90 Å². The summed E-state index contributed by atoms with van der Waals surface area (Å²) in [7, 11) is 4.09. The molecule has 0 bridgehead atoms. The van der Waals surface area contributed by atoms with Crippen molar-refractivity contribution >= 4 is 0 Å². The molecule has 11 heavy (non-hydrogen) atoms. The van der Waals surface area contributed by atoms with E-state index in [1.165, 1.54) is 32.1 Å². The van der Waals surface area contributed by atoms with E-state index in [4.69, 9.17) is 0 Å². The van der Waals surface area contributed by atoms with Crippen LogP contribution in [0.4, 0.5) is 0 Å². The lowest BCUT2D eigenvalue weighted by molar-refractivity contribution is 0.177. The lowest BCUT2D eigenvalue weighted by atomic mass is 9.94. The predicted molar refractivity (Wildman–Crippen MR) is 49.2 cm³/mol. The highest BCUT2D eigenvalue weighted by Gasteiger charge is 2.19. The number of hydrogen-bond acceptors (Lipinski definition) is 1. The molecule has 1 fully saturated rings. The van der Waals surface area contributed by atoms with E-state index in [2.05, 4.69) is 25.8 Å². The fourth-order valence-electron chi connectivity index (χ4n) is 1.83. The van der Waals surface area contributed by atoms with Crippen molar-refractivity contribution in [3.63, 3.8) is 0 Å². The van der Waals surface area contributed by atoms with Crippen molar-refractivity contribution < 1.29 is 0 Å². The van der Waals surface area contributed by atoms with E-state index in [1.807, 2.05) is 0 Å². The quantitative estimate of drug-likeness (QED) is 0.591. The van der Waals surface area contributed by atoms with Gasteiger partial charge < -0.3 is 0 Å². The first-order valence-electron chi connectivity index (χ1n) is 4.80. The van der Waals surface area contributed by atoms with Gasteiger partial charge in [0.1, 0.15) is 0 Å². The molecule has 0 aromatic carbocycles. The molecule has 0 atom stereocenters.